The minimum atomic E-state index is -0.122. The van der Waals surface area contributed by atoms with Gasteiger partial charge in [-0.1, -0.05) is 0 Å². The van der Waals surface area contributed by atoms with Gasteiger partial charge < -0.3 is 28.6 Å². The van der Waals surface area contributed by atoms with Gasteiger partial charge in [-0.2, -0.15) is 0 Å². The summed E-state index contributed by atoms with van der Waals surface area (Å²) in [4.78, 5) is 14.1. The molecule has 1 aromatic carbocycles. The third kappa shape index (κ3) is 6.28. The molecule has 0 unspecified atom stereocenters. The van der Waals surface area contributed by atoms with E-state index in [0.29, 0.717) is 43.6 Å². The number of carbonyl (C=O) groups excluding carboxylic acids is 1. The van der Waals surface area contributed by atoms with E-state index in [0.717, 1.165) is 5.56 Å². The van der Waals surface area contributed by atoms with Crippen molar-refractivity contribution in [3.63, 3.8) is 0 Å². The summed E-state index contributed by atoms with van der Waals surface area (Å²) in [6, 6.07) is 3.56. The molecule has 0 atom stereocenters. The van der Waals surface area contributed by atoms with Gasteiger partial charge in [0.05, 0.1) is 34.5 Å². The highest BCUT2D eigenvalue weighted by molar-refractivity contribution is 5.92. The van der Waals surface area contributed by atoms with Gasteiger partial charge in [0.15, 0.2) is 11.5 Å². The zero-order valence-corrected chi connectivity index (χ0v) is 15.5. The molecular weight excluding hydrogens is 326 g/mol. The average Bonchev–Trinajstić information content (AvgIpc) is 2.65. The molecule has 7 nitrogen and oxygen atoms in total. The zero-order valence-electron chi connectivity index (χ0n) is 15.5. The average molecular weight is 353 g/mol. The van der Waals surface area contributed by atoms with E-state index >= 15 is 0 Å². The maximum Gasteiger partial charge on any atom is 0.246 e. The molecule has 0 aromatic heterocycles. The molecule has 0 radical (unpaired) electrons. The van der Waals surface area contributed by atoms with Crippen molar-refractivity contribution in [3.05, 3.63) is 23.8 Å². The Kier molecular flexibility index (Phi) is 9.42. The van der Waals surface area contributed by atoms with E-state index in [1.54, 1.807) is 58.7 Å². The van der Waals surface area contributed by atoms with E-state index in [1.165, 1.54) is 6.08 Å². The topological polar surface area (TPSA) is 66.5 Å². The Morgan fingerprint density at radius 1 is 0.920 bits per heavy atom. The Balaban J connectivity index is 2.95. The Hall–Kier alpha value is -2.25. The molecule has 0 heterocycles. The Bertz CT molecular complexity index is 540. The van der Waals surface area contributed by atoms with Gasteiger partial charge >= 0.3 is 0 Å². The summed E-state index contributed by atoms with van der Waals surface area (Å²) < 4.78 is 26.0. The van der Waals surface area contributed by atoms with Gasteiger partial charge in [-0.15, -0.1) is 0 Å². The summed E-state index contributed by atoms with van der Waals surface area (Å²) in [7, 11) is 7.85. The maximum absolute atomic E-state index is 12.4. The third-order valence-electron chi connectivity index (χ3n) is 3.55. The number of benzene rings is 1. The fourth-order valence-electron chi connectivity index (χ4n) is 2.21. The minimum Gasteiger partial charge on any atom is -0.493 e. The van der Waals surface area contributed by atoms with E-state index in [9.17, 15) is 4.79 Å². The molecule has 1 amide bonds. The van der Waals surface area contributed by atoms with Gasteiger partial charge in [-0.25, -0.2) is 0 Å². The number of amides is 1. The van der Waals surface area contributed by atoms with Crippen molar-refractivity contribution in [1.29, 1.82) is 0 Å². The van der Waals surface area contributed by atoms with Crippen LogP contribution in [-0.2, 0) is 14.3 Å². The molecule has 140 valence electrons. The molecule has 0 saturated heterocycles. The van der Waals surface area contributed by atoms with Crippen LogP contribution in [0.25, 0.3) is 6.08 Å². The minimum absolute atomic E-state index is 0.122. The maximum atomic E-state index is 12.4. The van der Waals surface area contributed by atoms with Crippen molar-refractivity contribution >= 4 is 12.0 Å². The highest BCUT2D eigenvalue weighted by Gasteiger charge is 2.13. The van der Waals surface area contributed by atoms with Crippen LogP contribution < -0.4 is 14.2 Å². The van der Waals surface area contributed by atoms with E-state index in [1.807, 2.05) is 0 Å². The molecule has 0 aliphatic rings. The van der Waals surface area contributed by atoms with Crippen LogP contribution >= 0.6 is 0 Å². The summed E-state index contributed by atoms with van der Waals surface area (Å²) in [6.45, 7) is 1.93. The normalized spacial score (nSPS) is 10.8. The molecule has 1 aromatic rings. The fourth-order valence-corrected chi connectivity index (χ4v) is 2.21. The zero-order chi connectivity index (χ0) is 18.7. The van der Waals surface area contributed by atoms with Crippen molar-refractivity contribution < 1.29 is 28.5 Å². The standard InChI is InChI=1S/C18H27NO6/c1-21-10-8-19(9-11-22-2)17(20)7-6-14-12-15(23-3)18(25-5)16(13-14)24-4/h6-7,12-13H,8-11H2,1-5H3. The lowest BCUT2D eigenvalue weighted by molar-refractivity contribution is -0.127. The van der Waals surface area contributed by atoms with Gasteiger partial charge in [0.1, 0.15) is 0 Å². The molecule has 7 heteroatoms. The van der Waals surface area contributed by atoms with Crippen molar-refractivity contribution in [2.24, 2.45) is 0 Å². The predicted molar refractivity (Wildman–Crippen MR) is 95.5 cm³/mol. The van der Waals surface area contributed by atoms with Gasteiger partial charge in [-0.3, -0.25) is 4.79 Å². The van der Waals surface area contributed by atoms with Crippen LogP contribution in [0.1, 0.15) is 5.56 Å². The molecule has 25 heavy (non-hydrogen) atoms. The fraction of sp³-hybridized carbons (Fsp3) is 0.500. The van der Waals surface area contributed by atoms with E-state index in [-0.39, 0.29) is 5.91 Å². The van der Waals surface area contributed by atoms with Crippen LogP contribution in [0.5, 0.6) is 17.2 Å². The molecule has 0 saturated carbocycles. The summed E-state index contributed by atoms with van der Waals surface area (Å²) in [5.41, 5.74) is 0.765. The third-order valence-corrected chi connectivity index (χ3v) is 3.55. The highest BCUT2D eigenvalue weighted by Crippen LogP contribution is 2.38. The molecule has 0 spiro atoms. The van der Waals surface area contributed by atoms with Crippen molar-refractivity contribution in [2.45, 2.75) is 0 Å². The van der Waals surface area contributed by atoms with Crippen molar-refractivity contribution in [1.82, 2.24) is 4.90 Å². The van der Waals surface area contributed by atoms with Crippen LogP contribution in [0.4, 0.5) is 0 Å². The van der Waals surface area contributed by atoms with E-state index in [4.69, 9.17) is 23.7 Å². The summed E-state index contributed by atoms with van der Waals surface area (Å²) in [5, 5.41) is 0. The van der Waals surface area contributed by atoms with Crippen LogP contribution in [0.15, 0.2) is 18.2 Å². The second kappa shape index (κ2) is 11.3. The molecule has 0 aliphatic heterocycles. The molecule has 0 fully saturated rings. The molecular formula is C18H27NO6. The van der Waals surface area contributed by atoms with E-state index in [2.05, 4.69) is 0 Å². The largest absolute Gasteiger partial charge is 0.493 e. The lowest BCUT2D eigenvalue weighted by Crippen LogP contribution is -2.35. The number of ether oxygens (including phenoxy) is 5. The smallest absolute Gasteiger partial charge is 0.246 e. The number of rotatable bonds is 11. The number of nitrogens with zero attached hydrogens (tertiary/aromatic N) is 1. The predicted octanol–water partition coefficient (Wildman–Crippen LogP) is 1.85. The lowest BCUT2D eigenvalue weighted by Gasteiger charge is -2.20. The Morgan fingerprint density at radius 2 is 1.44 bits per heavy atom. The lowest BCUT2D eigenvalue weighted by atomic mass is 10.1. The Morgan fingerprint density at radius 3 is 1.84 bits per heavy atom. The second-order valence-corrected chi connectivity index (χ2v) is 5.10. The second-order valence-electron chi connectivity index (χ2n) is 5.10. The van der Waals surface area contributed by atoms with Crippen molar-refractivity contribution in [2.75, 3.05) is 61.9 Å². The van der Waals surface area contributed by atoms with Crippen LogP contribution in [-0.4, -0.2) is 72.7 Å². The van der Waals surface area contributed by atoms with Gasteiger partial charge in [0.2, 0.25) is 11.7 Å². The SMILES string of the molecule is COCCN(CCOC)C(=O)C=Cc1cc(OC)c(OC)c(OC)c1. The van der Waals surface area contributed by atoms with Gasteiger partial charge in [-0.05, 0) is 23.8 Å². The number of methoxy groups -OCH3 is 5. The van der Waals surface area contributed by atoms with Crippen LogP contribution in [0, 0.1) is 0 Å². The first-order valence-electron chi connectivity index (χ1n) is 7.86. The molecule has 1 rings (SSSR count). The molecule has 0 aliphatic carbocycles. The first-order valence-corrected chi connectivity index (χ1v) is 7.86. The van der Waals surface area contributed by atoms with Crippen LogP contribution in [0.2, 0.25) is 0 Å². The Labute approximate surface area is 149 Å². The monoisotopic (exact) mass is 353 g/mol. The van der Waals surface area contributed by atoms with Crippen molar-refractivity contribution in [3.8, 4) is 17.2 Å². The quantitative estimate of drug-likeness (QED) is 0.566. The number of hydrogen-bond acceptors (Lipinski definition) is 6. The number of carbonyl (C=O) groups is 1. The summed E-state index contributed by atoms with van der Waals surface area (Å²) in [5.74, 6) is 1.45. The highest BCUT2D eigenvalue weighted by atomic mass is 16.5. The molecule has 0 N–H and O–H groups in total. The van der Waals surface area contributed by atoms with Gasteiger partial charge in [0, 0.05) is 33.4 Å². The molecule has 0 bridgehead atoms. The van der Waals surface area contributed by atoms with E-state index < -0.39 is 0 Å². The summed E-state index contributed by atoms with van der Waals surface area (Å²) >= 11 is 0. The summed E-state index contributed by atoms with van der Waals surface area (Å²) in [6.07, 6.45) is 3.21. The first-order chi connectivity index (χ1) is 12.1. The van der Waals surface area contributed by atoms with Crippen LogP contribution in [0.3, 0.4) is 0 Å². The number of hydrogen-bond donors (Lipinski definition) is 0. The first kappa shape index (κ1) is 20.8. The van der Waals surface area contributed by atoms with Gasteiger partial charge in [0.25, 0.3) is 0 Å².